The zero-order valence-corrected chi connectivity index (χ0v) is 6.84. The summed E-state index contributed by atoms with van der Waals surface area (Å²) in [7, 11) is 0. The van der Waals surface area contributed by atoms with Gasteiger partial charge in [0.05, 0.1) is 5.56 Å². The Morgan fingerprint density at radius 2 is 2.09 bits per heavy atom. The van der Waals surface area contributed by atoms with Gasteiger partial charge in [0.1, 0.15) is 0 Å². The van der Waals surface area contributed by atoms with Gasteiger partial charge in [-0.25, -0.2) is 0 Å². The Hall–Kier alpha value is -1.27. The molecule has 0 amide bonds. The Kier molecular flexibility index (Phi) is 3.35. The maximum atomic E-state index is 8.41. The molecule has 0 saturated heterocycles. The van der Waals surface area contributed by atoms with Gasteiger partial charge in [-0.15, -0.1) is 0 Å². The van der Waals surface area contributed by atoms with Crippen molar-refractivity contribution in [2.75, 3.05) is 5.73 Å². The second-order valence-electron chi connectivity index (χ2n) is 2.09. The fraction of sp³-hybridized carbons (Fsp3) is 0.143. The van der Waals surface area contributed by atoms with Crippen molar-refractivity contribution < 1.29 is 12.4 Å². The van der Waals surface area contributed by atoms with Crippen LogP contribution in [0, 0.1) is 12.3 Å². The zero-order chi connectivity index (χ0) is 7.56. The largest absolute Gasteiger partial charge is 1.00 e. The van der Waals surface area contributed by atoms with E-state index >= 15 is 0 Å². The SMILES string of the molecule is Cc1c(N)cccc1[N+]#N.[Cl-]. The summed E-state index contributed by atoms with van der Waals surface area (Å²) in [6.45, 7) is 1.81. The van der Waals surface area contributed by atoms with Crippen LogP contribution in [0.15, 0.2) is 18.2 Å². The molecule has 1 rings (SSSR count). The minimum atomic E-state index is 0. The summed E-state index contributed by atoms with van der Waals surface area (Å²) in [6, 6.07) is 5.22. The molecule has 58 valence electrons. The summed E-state index contributed by atoms with van der Waals surface area (Å²) in [5.74, 6) is 0. The lowest BCUT2D eigenvalue weighted by Gasteiger charge is -1.91. The number of hydrogen-bond acceptors (Lipinski definition) is 2. The molecular formula is C7H8ClN3. The summed E-state index contributed by atoms with van der Waals surface area (Å²) in [4.78, 5) is 3.05. The molecule has 0 fully saturated rings. The average Bonchev–Trinajstić information content (AvgIpc) is 1.95. The first-order valence-electron chi connectivity index (χ1n) is 2.96. The third kappa shape index (κ3) is 1.82. The van der Waals surface area contributed by atoms with Gasteiger partial charge in [0.2, 0.25) is 5.39 Å². The van der Waals surface area contributed by atoms with Gasteiger partial charge in [0.25, 0.3) is 0 Å². The van der Waals surface area contributed by atoms with Crippen molar-refractivity contribution in [3.05, 3.63) is 28.7 Å². The van der Waals surface area contributed by atoms with E-state index in [4.69, 9.17) is 11.1 Å². The molecule has 0 saturated carbocycles. The zero-order valence-electron chi connectivity index (χ0n) is 6.08. The molecule has 3 nitrogen and oxygen atoms in total. The number of halogens is 1. The van der Waals surface area contributed by atoms with Crippen molar-refractivity contribution >= 4 is 11.4 Å². The molecule has 4 heteroatoms. The number of rotatable bonds is 0. The number of benzene rings is 1. The normalized spacial score (nSPS) is 8.00. The van der Waals surface area contributed by atoms with Gasteiger partial charge in [0, 0.05) is 11.8 Å². The van der Waals surface area contributed by atoms with E-state index in [1.165, 1.54) is 0 Å². The molecule has 1 aromatic rings. The third-order valence-corrected chi connectivity index (χ3v) is 1.45. The molecule has 0 bridgehead atoms. The molecule has 0 aromatic heterocycles. The third-order valence-electron chi connectivity index (χ3n) is 1.45. The van der Waals surface area contributed by atoms with Gasteiger partial charge < -0.3 is 18.1 Å². The van der Waals surface area contributed by atoms with Crippen LogP contribution in [0.3, 0.4) is 0 Å². The van der Waals surface area contributed by atoms with E-state index in [9.17, 15) is 0 Å². The molecule has 0 aliphatic carbocycles. The van der Waals surface area contributed by atoms with Gasteiger partial charge in [-0.05, 0) is 13.0 Å². The van der Waals surface area contributed by atoms with Crippen LogP contribution in [-0.4, -0.2) is 0 Å². The first-order valence-corrected chi connectivity index (χ1v) is 2.96. The molecule has 1 aromatic carbocycles. The summed E-state index contributed by atoms with van der Waals surface area (Å²) < 4.78 is 0. The molecule has 2 N–H and O–H groups in total. The van der Waals surface area contributed by atoms with Crippen LogP contribution in [0.2, 0.25) is 0 Å². The van der Waals surface area contributed by atoms with Crippen LogP contribution in [0.1, 0.15) is 5.56 Å². The minimum absolute atomic E-state index is 0. The number of hydrogen-bond donors (Lipinski definition) is 1. The van der Waals surface area contributed by atoms with E-state index in [0.717, 1.165) is 5.56 Å². The topological polar surface area (TPSA) is 54.2 Å². The smallest absolute Gasteiger partial charge is 0.389 e. The Morgan fingerprint density at radius 3 is 2.55 bits per heavy atom. The Bertz CT molecular complexity index is 290. The highest BCUT2D eigenvalue weighted by Crippen LogP contribution is 2.22. The predicted molar refractivity (Wildman–Crippen MR) is 40.3 cm³/mol. The molecular weight excluding hydrogens is 162 g/mol. The van der Waals surface area contributed by atoms with E-state index in [-0.39, 0.29) is 12.4 Å². The lowest BCUT2D eigenvalue weighted by molar-refractivity contribution is -0.00000236. The lowest BCUT2D eigenvalue weighted by Crippen LogP contribution is -3.00. The molecule has 0 unspecified atom stereocenters. The highest BCUT2D eigenvalue weighted by molar-refractivity contribution is 5.62. The Morgan fingerprint density at radius 1 is 1.45 bits per heavy atom. The standard InChI is InChI=1S/C7H8N3.ClH/c1-5-6(8)3-2-4-7(5)10-9;/h2-4H,8H2,1H3;1H/q+1;/p-1. The van der Waals surface area contributed by atoms with Gasteiger partial charge in [-0.3, -0.25) is 0 Å². The van der Waals surface area contributed by atoms with Crippen LogP contribution in [0.5, 0.6) is 0 Å². The van der Waals surface area contributed by atoms with Crippen molar-refractivity contribution in [1.29, 1.82) is 5.39 Å². The van der Waals surface area contributed by atoms with E-state index < -0.39 is 0 Å². The van der Waals surface area contributed by atoms with Gasteiger partial charge in [-0.2, -0.15) is 0 Å². The predicted octanol–water partition coefficient (Wildman–Crippen LogP) is -0.934. The molecule has 0 heterocycles. The van der Waals surface area contributed by atoms with Crippen LogP contribution in [-0.2, 0) is 0 Å². The first-order chi connectivity index (χ1) is 4.75. The lowest BCUT2D eigenvalue weighted by atomic mass is 10.2. The molecule has 11 heavy (non-hydrogen) atoms. The van der Waals surface area contributed by atoms with Crippen LogP contribution < -0.4 is 18.1 Å². The van der Waals surface area contributed by atoms with Crippen molar-refractivity contribution in [1.82, 2.24) is 0 Å². The monoisotopic (exact) mass is 169 g/mol. The van der Waals surface area contributed by atoms with Gasteiger partial charge >= 0.3 is 5.69 Å². The first kappa shape index (κ1) is 9.73. The van der Waals surface area contributed by atoms with Crippen LogP contribution >= 0.6 is 0 Å². The second kappa shape index (κ2) is 3.79. The number of nitrogens with zero attached hydrogens (tertiary/aromatic N) is 2. The summed E-state index contributed by atoms with van der Waals surface area (Å²) in [5.41, 5.74) is 7.51. The number of anilines is 1. The van der Waals surface area contributed by atoms with E-state index in [2.05, 4.69) is 4.98 Å². The minimum Gasteiger partial charge on any atom is -1.00 e. The fourth-order valence-electron chi connectivity index (χ4n) is 0.749. The van der Waals surface area contributed by atoms with E-state index in [0.29, 0.717) is 11.4 Å². The van der Waals surface area contributed by atoms with Crippen molar-refractivity contribution in [2.24, 2.45) is 0 Å². The van der Waals surface area contributed by atoms with Crippen LogP contribution in [0.4, 0.5) is 11.4 Å². The molecule has 0 aliphatic heterocycles. The van der Waals surface area contributed by atoms with Gasteiger partial charge in [-0.1, -0.05) is 6.07 Å². The van der Waals surface area contributed by atoms with Crippen molar-refractivity contribution in [3.8, 4) is 0 Å². The number of nitrogen functional groups attached to an aromatic ring is 1. The summed E-state index contributed by atoms with van der Waals surface area (Å²) in [6.07, 6.45) is 0. The van der Waals surface area contributed by atoms with Gasteiger partial charge in [0.15, 0.2) is 4.98 Å². The Balaban J connectivity index is 0.000001000. The van der Waals surface area contributed by atoms with Crippen LogP contribution in [0.25, 0.3) is 4.98 Å². The van der Waals surface area contributed by atoms with E-state index in [1.54, 1.807) is 18.2 Å². The maximum absolute atomic E-state index is 8.41. The van der Waals surface area contributed by atoms with Crippen molar-refractivity contribution in [2.45, 2.75) is 6.92 Å². The highest BCUT2D eigenvalue weighted by atomic mass is 35.5. The number of diazo groups is 1. The maximum Gasteiger partial charge on any atom is 0.389 e. The Labute approximate surface area is 71.2 Å². The molecule has 0 spiro atoms. The van der Waals surface area contributed by atoms with E-state index in [1.807, 2.05) is 6.92 Å². The summed E-state index contributed by atoms with van der Waals surface area (Å²) in [5, 5.41) is 8.41. The molecule has 0 atom stereocenters. The fourth-order valence-corrected chi connectivity index (χ4v) is 0.749. The quantitative estimate of drug-likeness (QED) is 0.403. The average molecular weight is 170 g/mol. The molecule has 0 radical (unpaired) electrons. The highest BCUT2D eigenvalue weighted by Gasteiger charge is 2.09. The van der Waals surface area contributed by atoms with Crippen molar-refractivity contribution in [3.63, 3.8) is 0 Å². The number of nitrogens with two attached hydrogens (primary N) is 1. The second-order valence-corrected chi connectivity index (χ2v) is 2.09. The molecule has 0 aliphatic rings. The summed E-state index contributed by atoms with van der Waals surface area (Å²) >= 11 is 0.